The number of hydrogen-bond acceptors (Lipinski definition) is 6. The van der Waals surface area contributed by atoms with E-state index in [1.54, 1.807) is 11.8 Å². The number of carbonyl (C=O) groups is 3. The van der Waals surface area contributed by atoms with E-state index in [-0.39, 0.29) is 48.4 Å². The summed E-state index contributed by atoms with van der Waals surface area (Å²) >= 11 is 0. The quantitative estimate of drug-likeness (QED) is 0.588. The second-order valence-electron chi connectivity index (χ2n) is 10.5. The highest BCUT2D eigenvalue weighted by molar-refractivity contribution is 6.01. The maximum Gasteiger partial charge on any atom is 0.358 e. The van der Waals surface area contributed by atoms with Crippen LogP contribution in [-0.2, 0) is 22.6 Å². The Labute approximate surface area is 212 Å². The SMILES string of the molecule is COC(=O)c1cc2n(n1)C[C@](C)(C(=O)NC1CCC(C)CC1)N(Cc1ccc(OC(C)C)cc1)C2=O. The minimum Gasteiger partial charge on any atom is -0.491 e. The van der Waals surface area contributed by atoms with Crippen molar-refractivity contribution in [3.05, 3.63) is 47.3 Å². The van der Waals surface area contributed by atoms with Crippen LogP contribution in [0.2, 0.25) is 0 Å². The summed E-state index contributed by atoms with van der Waals surface area (Å²) in [5, 5.41) is 7.49. The van der Waals surface area contributed by atoms with E-state index in [0.29, 0.717) is 5.92 Å². The zero-order chi connectivity index (χ0) is 26.0. The van der Waals surface area contributed by atoms with Crippen LogP contribution in [0.25, 0.3) is 0 Å². The molecule has 0 saturated heterocycles. The molecule has 9 nitrogen and oxygen atoms in total. The van der Waals surface area contributed by atoms with E-state index < -0.39 is 11.5 Å². The number of methoxy groups -OCH3 is 1. The first-order valence-corrected chi connectivity index (χ1v) is 12.7. The summed E-state index contributed by atoms with van der Waals surface area (Å²) in [7, 11) is 1.27. The van der Waals surface area contributed by atoms with E-state index in [1.165, 1.54) is 17.9 Å². The lowest BCUT2D eigenvalue weighted by Gasteiger charge is -2.44. The van der Waals surface area contributed by atoms with Crippen molar-refractivity contribution >= 4 is 17.8 Å². The van der Waals surface area contributed by atoms with Crippen molar-refractivity contribution in [2.24, 2.45) is 5.92 Å². The number of aromatic nitrogens is 2. The van der Waals surface area contributed by atoms with E-state index in [2.05, 4.69) is 17.3 Å². The Morgan fingerprint density at radius 2 is 1.83 bits per heavy atom. The van der Waals surface area contributed by atoms with Crippen molar-refractivity contribution in [3.63, 3.8) is 0 Å². The van der Waals surface area contributed by atoms with Crippen LogP contribution >= 0.6 is 0 Å². The fraction of sp³-hybridized carbons (Fsp3) is 0.556. The van der Waals surface area contributed by atoms with E-state index in [9.17, 15) is 14.4 Å². The van der Waals surface area contributed by atoms with Gasteiger partial charge in [0.05, 0.1) is 19.8 Å². The lowest BCUT2D eigenvalue weighted by Crippen LogP contribution is -2.64. The van der Waals surface area contributed by atoms with Gasteiger partial charge in [0.2, 0.25) is 5.91 Å². The van der Waals surface area contributed by atoms with Gasteiger partial charge in [-0.3, -0.25) is 14.3 Å². The molecule has 2 aromatic rings. The van der Waals surface area contributed by atoms with Crippen molar-refractivity contribution < 1.29 is 23.9 Å². The van der Waals surface area contributed by atoms with Gasteiger partial charge in [0, 0.05) is 18.7 Å². The standard InChI is InChI=1S/C27H36N4O5/c1-17(2)36-21-12-8-19(9-13-21)15-30-24(32)23-14-22(25(33)35-5)29-31(23)16-27(30,4)26(34)28-20-10-6-18(3)7-11-20/h8-9,12-14,17-18,20H,6-7,10-11,15-16H2,1-5H3,(H,28,34)/t18?,20?,27-/m1/s1. The first-order valence-electron chi connectivity index (χ1n) is 12.7. The molecule has 194 valence electrons. The molecule has 2 heterocycles. The number of fused-ring (bicyclic) bond motifs is 1. The topological polar surface area (TPSA) is 103 Å². The van der Waals surface area contributed by atoms with Crippen LogP contribution in [0.4, 0.5) is 0 Å². The molecule has 1 N–H and O–H groups in total. The van der Waals surface area contributed by atoms with Crippen LogP contribution in [0.15, 0.2) is 30.3 Å². The van der Waals surface area contributed by atoms with Crippen LogP contribution in [-0.4, -0.2) is 57.3 Å². The van der Waals surface area contributed by atoms with Gasteiger partial charge in [0.1, 0.15) is 17.0 Å². The molecule has 9 heteroatoms. The van der Waals surface area contributed by atoms with E-state index >= 15 is 0 Å². The highest BCUT2D eigenvalue weighted by atomic mass is 16.5. The molecule has 2 amide bonds. The van der Waals surface area contributed by atoms with E-state index in [4.69, 9.17) is 9.47 Å². The average molecular weight is 497 g/mol. The smallest absolute Gasteiger partial charge is 0.358 e. The van der Waals surface area contributed by atoms with Crippen LogP contribution < -0.4 is 10.1 Å². The lowest BCUT2D eigenvalue weighted by atomic mass is 9.86. The zero-order valence-electron chi connectivity index (χ0n) is 21.7. The van der Waals surface area contributed by atoms with Crippen LogP contribution in [0, 0.1) is 5.92 Å². The molecular formula is C27H36N4O5. The predicted octanol–water partition coefficient (Wildman–Crippen LogP) is 3.57. The molecule has 0 radical (unpaired) electrons. The van der Waals surface area contributed by atoms with E-state index in [1.807, 2.05) is 38.1 Å². The third kappa shape index (κ3) is 5.24. The predicted molar refractivity (Wildman–Crippen MR) is 134 cm³/mol. The Hall–Kier alpha value is -3.36. The molecule has 0 unspecified atom stereocenters. The van der Waals surface area contributed by atoms with Gasteiger partial charge >= 0.3 is 5.97 Å². The highest BCUT2D eigenvalue weighted by Crippen LogP contribution is 2.31. The van der Waals surface area contributed by atoms with Gasteiger partial charge in [-0.2, -0.15) is 5.10 Å². The zero-order valence-corrected chi connectivity index (χ0v) is 21.7. The summed E-state index contributed by atoms with van der Waals surface area (Å²) in [6.45, 7) is 8.28. The van der Waals surface area contributed by atoms with Gasteiger partial charge in [-0.15, -0.1) is 0 Å². The Kier molecular flexibility index (Phi) is 7.38. The molecule has 1 fully saturated rings. The van der Waals surface area contributed by atoms with Crippen molar-refractivity contribution in [2.75, 3.05) is 7.11 Å². The van der Waals surface area contributed by atoms with Crippen molar-refractivity contribution in [1.29, 1.82) is 0 Å². The molecular weight excluding hydrogens is 460 g/mol. The van der Waals surface area contributed by atoms with Crippen molar-refractivity contribution in [3.8, 4) is 5.75 Å². The van der Waals surface area contributed by atoms with Gasteiger partial charge in [-0.05, 0) is 70.1 Å². The third-order valence-corrected chi connectivity index (χ3v) is 7.17. The number of nitrogens with zero attached hydrogens (tertiary/aromatic N) is 3. The molecule has 0 bridgehead atoms. The van der Waals surface area contributed by atoms with Gasteiger partial charge < -0.3 is 19.7 Å². The van der Waals surface area contributed by atoms with Crippen molar-refractivity contribution in [1.82, 2.24) is 20.0 Å². The van der Waals surface area contributed by atoms with Gasteiger partial charge in [0.15, 0.2) is 5.69 Å². The fourth-order valence-electron chi connectivity index (χ4n) is 4.97. The summed E-state index contributed by atoms with van der Waals surface area (Å²) in [6.07, 6.45) is 4.04. The van der Waals surface area contributed by atoms with Crippen LogP contribution in [0.1, 0.15) is 79.9 Å². The second kappa shape index (κ2) is 10.3. The maximum atomic E-state index is 13.7. The number of benzene rings is 1. The Morgan fingerprint density at radius 1 is 1.17 bits per heavy atom. The lowest BCUT2D eigenvalue weighted by molar-refractivity contribution is -0.134. The molecule has 36 heavy (non-hydrogen) atoms. The number of esters is 1. The number of hydrogen-bond donors (Lipinski definition) is 1. The molecule has 1 atom stereocenters. The molecule has 1 aromatic carbocycles. The summed E-state index contributed by atoms with van der Waals surface area (Å²) < 4.78 is 12.0. The molecule has 4 rings (SSSR count). The van der Waals surface area contributed by atoms with Gasteiger partial charge in [0.25, 0.3) is 5.91 Å². The number of nitrogens with one attached hydrogen (secondary N) is 1. The number of rotatable bonds is 7. The summed E-state index contributed by atoms with van der Waals surface area (Å²) in [6, 6.07) is 9.05. The number of amides is 2. The summed E-state index contributed by atoms with van der Waals surface area (Å²) in [5.74, 6) is 0.204. The Morgan fingerprint density at radius 3 is 2.44 bits per heavy atom. The Bertz CT molecular complexity index is 1120. The molecule has 0 spiro atoms. The van der Waals surface area contributed by atoms with E-state index in [0.717, 1.165) is 37.0 Å². The molecule has 1 aromatic heterocycles. The first-order chi connectivity index (χ1) is 17.1. The largest absolute Gasteiger partial charge is 0.491 e. The van der Waals surface area contributed by atoms with Crippen LogP contribution in [0.3, 0.4) is 0 Å². The minimum atomic E-state index is -1.19. The summed E-state index contributed by atoms with van der Waals surface area (Å²) in [4.78, 5) is 41.1. The normalized spacial score (nSPS) is 23.8. The van der Waals surface area contributed by atoms with Crippen LogP contribution in [0.5, 0.6) is 5.75 Å². The first kappa shape index (κ1) is 25.7. The molecule has 2 aliphatic rings. The van der Waals surface area contributed by atoms with Crippen molar-refractivity contribution in [2.45, 2.75) is 84.2 Å². The fourth-order valence-corrected chi connectivity index (χ4v) is 4.97. The molecule has 1 aliphatic carbocycles. The highest BCUT2D eigenvalue weighted by Gasteiger charge is 2.48. The number of ether oxygens (including phenoxy) is 2. The minimum absolute atomic E-state index is 0.0434. The molecule has 1 saturated carbocycles. The summed E-state index contributed by atoms with van der Waals surface area (Å²) in [5.41, 5.74) is -0.0281. The monoisotopic (exact) mass is 496 g/mol. The molecule has 1 aliphatic heterocycles. The Balaban J connectivity index is 1.64. The van der Waals surface area contributed by atoms with Gasteiger partial charge in [-0.25, -0.2) is 4.79 Å². The third-order valence-electron chi connectivity index (χ3n) is 7.17. The number of carbonyl (C=O) groups excluding carboxylic acids is 3. The average Bonchev–Trinajstić information content (AvgIpc) is 3.27. The van der Waals surface area contributed by atoms with Gasteiger partial charge in [-0.1, -0.05) is 19.1 Å². The maximum absolute atomic E-state index is 13.7. The second-order valence-corrected chi connectivity index (χ2v) is 10.5.